The summed E-state index contributed by atoms with van der Waals surface area (Å²) in [5.41, 5.74) is 0.229. The van der Waals surface area contributed by atoms with E-state index >= 15 is 0 Å². The zero-order valence-electron chi connectivity index (χ0n) is 22.0. The third kappa shape index (κ3) is 14.8. The number of amides is 2. The van der Waals surface area contributed by atoms with Crippen molar-refractivity contribution >= 4 is 11.8 Å². The molecule has 0 aliphatic heterocycles. The van der Waals surface area contributed by atoms with Gasteiger partial charge in [0.15, 0.2) is 0 Å². The van der Waals surface area contributed by atoms with E-state index in [1.807, 2.05) is 6.92 Å². The predicted molar refractivity (Wildman–Crippen MR) is 151 cm³/mol. The Morgan fingerprint density at radius 1 is 0.778 bits per heavy atom. The highest BCUT2D eigenvalue weighted by atomic mass is 16.3. The van der Waals surface area contributed by atoms with Gasteiger partial charge in [0, 0.05) is 19.0 Å². The third-order valence-electron chi connectivity index (χ3n) is 5.56. The van der Waals surface area contributed by atoms with Crippen molar-refractivity contribution in [3.8, 4) is 5.75 Å². The van der Waals surface area contributed by atoms with Crippen molar-refractivity contribution in [2.24, 2.45) is 5.92 Å². The number of hydrogen-bond donors (Lipinski definition) is 3. The lowest BCUT2D eigenvalue weighted by molar-refractivity contribution is -0.125. The van der Waals surface area contributed by atoms with E-state index in [0.717, 1.165) is 51.4 Å². The molecule has 1 aromatic carbocycles. The number of nitrogens with one attached hydrogen (secondary N) is 2. The number of carbonyl (C=O) groups is 2. The van der Waals surface area contributed by atoms with Crippen LogP contribution in [0.4, 0.5) is 0 Å². The molecule has 0 saturated heterocycles. The van der Waals surface area contributed by atoms with E-state index in [4.69, 9.17) is 0 Å². The summed E-state index contributed by atoms with van der Waals surface area (Å²) >= 11 is 0. The van der Waals surface area contributed by atoms with E-state index in [2.05, 4.69) is 78.3 Å². The Kier molecular flexibility index (Phi) is 17.9. The molecule has 1 aromatic rings. The average Bonchev–Trinajstić information content (AvgIpc) is 2.88. The molecule has 0 fully saturated rings. The molecule has 0 aliphatic rings. The van der Waals surface area contributed by atoms with Gasteiger partial charge in [-0.3, -0.25) is 9.59 Å². The first kappa shape index (κ1) is 30.7. The fourth-order valence-corrected chi connectivity index (χ4v) is 3.45. The van der Waals surface area contributed by atoms with Crippen LogP contribution in [0, 0.1) is 5.92 Å². The van der Waals surface area contributed by atoms with Crippen molar-refractivity contribution in [1.29, 1.82) is 0 Å². The SMILES string of the molecule is CC/C=C\C/C=C\C/C=C\C/C=C\C/C=C\CCC(CC)C(=O)NCCNC(=O)c1ccccc1O. The molecule has 3 N–H and O–H groups in total. The van der Waals surface area contributed by atoms with E-state index in [1.165, 1.54) is 6.07 Å². The number of rotatable bonds is 18. The van der Waals surface area contributed by atoms with Crippen molar-refractivity contribution in [2.75, 3.05) is 13.1 Å². The lowest BCUT2D eigenvalue weighted by Crippen LogP contribution is -2.37. The van der Waals surface area contributed by atoms with Gasteiger partial charge in [-0.1, -0.05) is 86.7 Å². The molecular weight excluding hydrogens is 448 g/mol. The first-order valence-corrected chi connectivity index (χ1v) is 13.2. The second kappa shape index (κ2) is 21.0. The van der Waals surface area contributed by atoms with Crippen LogP contribution in [-0.4, -0.2) is 30.0 Å². The fourth-order valence-electron chi connectivity index (χ4n) is 3.45. The number of phenolic OH excluding ortho intramolecular Hbond substituents is 1. The van der Waals surface area contributed by atoms with E-state index in [1.54, 1.807) is 18.2 Å². The molecule has 1 rings (SSSR count). The maximum Gasteiger partial charge on any atom is 0.255 e. The molecule has 5 heteroatoms. The number of aromatic hydroxyl groups is 1. The standard InChI is InChI=1S/C31H44N2O3/c1-3-5-6-7-8-9-10-11-12-13-14-15-16-17-18-19-22-27(4-2)30(35)32-25-26-33-31(36)28-23-20-21-24-29(28)34/h5-6,8-9,11-12,14-15,17-18,20-21,23-24,27,34H,3-4,7,10,13,16,19,22,25-26H2,1-2H3,(H,32,35)(H,33,36)/b6-5-,9-8-,12-11-,15-14-,18-17-. The maximum absolute atomic E-state index is 12.4. The first-order valence-electron chi connectivity index (χ1n) is 13.2. The Labute approximate surface area is 217 Å². The van der Waals surface area contributed by atoms with Crippen LogP contribution in [0.15, 0.2) is 85.0 Å². The molecule has 0 saturated carbocycles. The summed E-state index contributed by atoms with van der Waals surface area (Å²) in [6, 6.07) is 6.39. The van der Waals surface area contributed by atoms with Crippen LogP contribution in [0.1, 0.15) is 75.6 Å². The Bertz CT molecular complexity index is 897. The minimum Gasteiger partial charge on any atom is -0.507 e. The smallest absolute Gasteiger partial charge is 0.255 e. The number of carbonyl (C=O) groups excluding carboxylic acids is 2. The minimum absolute atomic E-state index is 0.0154. The zero-order valence-corrected chi connectivity index (χ0v) is 22.0. The molecule has 2 amide bonds. The lowest BCUT2D eigenvalue weighted by Gasteiger charge is -2.14. The van der Waals surface area contributed by atoms with E-state index in [9.17, 15) is 14.7 Å². The molecule has 0 aromatic heterocycles. The summed E-state index contributed by atoms with van der Waals surface area (Å²) in [4.78, 5) is 24.5. The molecule has 1 unspecified atom stereocenters. The molecule has 0 heterocycles. The Morgan fingerprint density at radius 2 is 1.31 bits per heavy atom. The van der Waals surface area contributed by atoms with Crippen molar-refractivity contribution in [3.63, 3.8) is 0 Å². The van der Waals surface area contributed by atoms with Gasteiger partial charge in [0.05, 0.1) is 5.56 Å². The highest BCUT2D eigenvalue weighted by Crippen LogP contribution is 2.15. The Balaban J connectivity index is 2.13. The number of phenols is 1. The molecule has 5 nitrogen and oxygen atoms in total. The van der Waals surface area contributed by atoms with Crippen LogP contribution < -0.4 is 10.6 Å². The summed E-state index contributed by atoms with van der Waals surface area (Å²) in [6.45, 7) is 4.83. The van der Waals surface area contributed by atoms with Gasteiger partial charge in [0.2, 0.25) is 5.91 Å². The summed E-state index contributed by atoms with van der Waals surface area (Å²) in [5, 5.41) is 15.3. The quantitative estimate of drug-likeness (QED) is 0.156. The molecule has 36 heavy (non-hydrogen) atoms. The van der Waals surface area contributed by atoms with Crippen LogP contribution in [0.5, 0.6) is 5.75 Å². The monoisotopic (exact) mass is 492 g/mol. The van der Waals surface area contributed by atoms with Gasteiger partial charge in [0.1, 0.15) is 5.75 Å². The van der Waals surface area contributed by atoms with Gasteiger partial charge in [-0.25, -0.2) is 0 Å². The van der Waals surface area contributed by atoms with Gasteiger partial charge >= 0.3 is 0 Å². The number of para-hydroxylation sites is 1. The third-order valence-corrected chi connectivity index (χ3v) is 5.56. The van der Waals surface area contributed by atoms with Crippen LogP contribution >= 0.6 is 0 Å². The van der Waals surface area contributed by atoms with Crippen molar-refractivity contribution in [2.45, 2.75) is 65.2 Å². The normalized spacial score (nSPS) is 12.9. The molecule has 1 atom stereocenters. The highest BCUT2D eigenvalue weighted by molar-refractivity contribution is 5.96. The lowest BCUT2D eigenvalue weighted by atomic mass is 9.99. The van der Waals surface area contributed by atoms with Crippen LogP contribution in [0.2, 0.25) is 0 Å². The number of hydrogen-bond acceptors (Lipinski definition) is 3. The zero-order chi connectivity index (χ0) is 26.3. The second-order valence-corrected chi connectivity index (χ2v) is 8.45. The van der Waals surface area contributed by atoms with Gasteiger partial charge in [0.25, 0.3) is 5.91 Å². The Morgan fingerprint density at radius 3 is 1.86 bits per heavy atom. The molecule has 196 valence electrons. The molecular formula is C31H44N2O3. The Hall–Kier alpha value is -3.34. The molecule has 0 aliphatic carbocycles. The second-order valence-electron chi connectivity index (χ2n) is 8.45. The molecule has 0 bridgehead atoms. The summed E-state index contributed by atoms with van der Waals surface area (Å²) in [7, 11) is 0. The van der Waals surface area contributed by atoms with Gasteiger partial charge in [-0.15, -0.1) is 0 Å². The van der Waals surface area contributed by atoms with Crippen molar-refractivity contribution < 1.29 is 14.7 Å². The minimum atomic E-state index is -0.354. The number of benzene rings is 1. The van der Waals surface area contributed by atoms with Crippen molar-refractivity contribution in [3.05, 3.63) is 90.6 Å². The average molecular weight is 493 g/mol. The number of allylic oxidation sites excluding steroid dienone is 10. The maximum atomic E-state index is 12.4. The van der Waals surface area contributed by atoms with Gasteiger partial charge in [-0.2, -0.15) is 0 Å². The molecule has 0 spiro atoms. The largest absolute Gasteiger partial charge is 0.507 e. The predicted octanol–water partition coefficient (Wildman–Crippen LogP) is 6.80. The van der Waals surface area contributed by atoms with E-state index in [0.29, 0.717) is 13.1 Å². The van der Waals surface area contributed by atoms with Gasteiger partial charge in [-0.05, 0) is 63.5 Å². The van der Waals surface area contributed by atoms with Crippen LogP contribution in [-0.2, 0) is 4.79 Å². The van der Waals surface area contributed by atoms with E-state index in [-0.39, 0.29) is 29.0 Å². The van der Waals surface area contributed by atoms with Crippen LogP contribution in [0.25, 0.3) is 0 Å². The fraction of sp³-hybridized carbons (Fsp3) is 0.419. The first-order chi connectivity index (χ1) is 17.6. The van der Waals surface area contributed by atoms with Gasteiger partial charge < -0.3 is 15.7 Å². The summed E-state index contributed by atoms with van der Waals surface area (Å²) in [6.07, 6.45) is 29.2. The summed E-state index contributed by atoms with van der Waals surface area (Å²) in [5.74, 6) is -0.435. The topological polar surface area (TPSA) is 78.4 Å². The highest BCUT2D eigenvalue weighted by Gasteiger charge is 2.15. The van der Waals surface area contributed by atoms with E-state index < -0.39 is 0 Å². The van der Waals surface area contributed by atoms with Crippen molar-refractivity contribution in [1.82, 2.24) is 10.6 Å². The molecule has 0 radical (unpaired) electrons. The summed E-state index contributed by atoms with van der Waals surface area (Å²) < 4.78 is 0. The van der Waals surface area contributed by atoms with Crippen LogP contribution in [0.3, 0.4) is 0 Å².